The Bertz CT molecular complexity index is 596. The number of carbonyl (C=O) groups excluding carboxylic acids is 1. The molecule has 0 saturated carbocycles. The fraction of sp³-hybridized carbons (Fsp3) is 0.0769. The summed E-state index contributed by atoms with van der Waals surface area (Å²) in [5.41, 5.74) is 0.842. The molecule has 0 fully saturated rings. The number of aromatic carboxylic acids is 1. The third-order valence-corrected chi connectivity index (χ3v) is 2.42. The van der Waals surface area contributed by atoms with E-state index >= 15 is 0 Å². The van der Waals surface area contributed by atoms with Crippen LogP contribution in [0, 0.1) is 0 Å². The second kappa shape index (κ2) is 5.72. The van der Waals surface area contributed by atoms with Crippen molar-refractivity contribution >= 4 is 12.3 Å². The van der Waals surface area contributed by atoms with E-state index in [2.05, 4.69) is 9.97 Å². The molecule has 2 aromatic rings. The lowest BCUT2D eigenvalue weighted by Crippen LogP contribution is -2.08. The quantitative estimate of drug-likeness (QED) is 0.819. The van der Waals surface area contributed by atoms with E-state index in [-0.39, 0.29) is 12.2 Å². The number of ether oxygens (including phenoxy) is 1. The van der Waals surface area contributed by atoms with Crippen LogP contribution >= 0.6 is 0 Å². The molecular weight excluding hydrogens is 248 g/mol. The lowest BCUT2D eigenvalue weighted by atomic mass is 10.2. The van der Waals surface area contributed by atoms with E-state index in [0.717, 1.165) is 6.29 Å². The van der Waals surface area contributed by atoms with Crippen LogP contribution in [-0.2, 0) is 6.61 Å². The number of nitrogens with zero attached hydrogens (tertiary/aromatic N) is 2. The molecule has 1 N–H and O–H groups in total. The van der Waals surface area contributed by atoms with E-state index in [4.69, 9.17) is 9.84 Å². The number of aldehydes is 1. The second-order valence-corrected chi connectivity index (χ2v) is 3.66. The van der Waals surface area contributed by atoms with Gasteiger partial charge in [0.25, 0.3) is 0 Å². The Balaban J connectivity index is 2.09. The van der Waals surface area contributed by atoms with Gasteiger partial charge in [0.05, 0.1) is 5.69 Å². The number of hydrogen-bond donors (Lipinski definition) is 1. The van der Waals surface area contributed by atoms with Crippen LogP contribution in [0.25, 0.3) is 0 Å². The second-order valence-electron chi connectivity index (χ2n) is 3.66. The molecule has 6 heteroatoms. The summed E-state index contributed by atoms with van der Waals surface area (Å²) in [6.45, 7) is 0.0184. The molecule has 1 aromatic heterocycles. The van der Waals surface area contributed by atoms with Gasteiger partial charge in [-0.15, -0.1) is 0 Å². The summed E-state index contributed by atoms with van der Waals surface area (Å²) in [7, 11) is 0. The zero-order chi connectivity index (χ0) is 13.7. The summed E-state index contributed by atoms with van der Waals surface area (Å²) >= 11 is 0. The van der Waals surface area contributed by atoms with Gasteiger partial charge < -0.3 is 9.84 Å². The average molecular weight is 258 g/mol. The van der Waals surface area contributed by atoms with Crippen molar-refractivity contribution in [3.05, 3.63) is 53.6 Å². The summed E-state index contributed by atoms with van der Waals surface area (Å²) < 4.78 is 5.41. The van der Waals surface area contributed by atoms with Crippen molar-refractivity contribution in [2.75, 3.05) is 0 Å². The third-order valence-electron chi connectivity index (χ3n) is 2.42. The summed E-state index contributed by atoms with van der Waals surface area (Å²) in [6, 6.07) is 6.48. The molecule has 1 aromatic carbocycles. The van der Waals surface area contributed by atoms with Gasteiger partial charge in [0, 0.05) is 11.8 Å². The van der Waals surface area contributed by atoms with Crippen LogP contribution in [0.5, 0.6) is 5.75 Å². The first-order chi connectivity index (χ1) is 9.20. The highest BCUT2D eigenvalue weighted by atomic mass is 16.5. The Hall–Kier alpha value is -2.76. The van der Waals surface area contributed by atoms with Gasteiger partial charge in [0.2, 0.25) is 0 Å². The Morgan fingerprint density at radius 2 is 2.05 bits per heavy atom. The number of rotatable bonds is 5. The Morgan fingerprint density at radius 1 is 1.32 bits per heavy atom. The predicted molar refractivity (Wildman–Crippen MR) is 65.2 cm³/mol. The van der Waals surface area contributed by atoms with Crippen molar-refractivity contribution in [2.24, 2.45) is 0 Å². The van der Waals surface area contributed by atoms with Crippen LogP contribution in [0.1, 0.15) is 26.4 Å². The zero-order valence-corrected chi connectivity index (χ0v) is 9.81. The molecule has 2 rings (SSSR count). The highest BCUT2D eigenvalue weighted by Gasteiger charge is 2.11. The Labute approximate surface area is 108 Å². The topological polar surface area (TPSA) is 89.4 Å². The van der Waals surface area contributed by atoms with Gasteiger partial charge >= 0.3 is 5.97 Å². The van der Waals surface area contributed by atoms with Crippen molar-refractivity contribution in [2.45, 2.75) is 6.61 Å². The molecule has 0 amide bonds. The highest BCUT2D eigenvalue weighted by molar-refractivity contribution is 5.88. The van der Waals surface area contributed by atoms with E-state index in [1.54, 1.807) is 24.3 Å². The van der Waals surface area contributed by atoms with Gasteiger partial charge in [-0.25, -0.2) is 14.8 Å². The number of carboxylic acids is 1. The van der Waals surface area contributed by atoms with Gasteiger partial charge in [-0.1, -0.05) is 0 Å². The minimum absolute atomic E-state index is 0.00649. The average Bonchev–Trinajstić information content (AvgIpc) is 2.46. The molecule has 0 radical (unpaired) electrons. The maximum absolute atomic E-state index is 10.9. The first kappa shape index (κ1) is 12.7. The highest BCUT2D eigenvalue weighted by Crippen LogP contribution is 2.14. The molecule has 1 heterocycles. The lowest BCUT2D eigenvalue weighted by molar-refractivity contribution is 0.0692. The molecular formula is C13H10N2O4. The van der Waals surface area contributed by atoms with Gasteiger partial charge in [-0.2, -0.15) is 0 Å². The van der Waals surface area contributed by atoms with E-state index in [9.17, 15) is 9.59 Å². The van der Waals surface area contributed by atoms with Crippen LogP contribution in [-0.4, -0.2) is 27.3 Å². The lowest BCUT2D eigenvalue weighted by Gasteiger charge is -2.07. The summed E-state index contributed by atoms with van der Waals surface area (Å²) in [6.07, 6.45) is 3.22. The van der Waals surface area contributed by atoms with Crippen molar-refractivity contribution in [1.82, 2.24) is 9.97 Å². The van der Waals surface area contributed by atoms with Gasteiger partial charge in [0.1, 0.15) is 30.5 Å². The molecule has 0 aliphatic rings. The molecule has 6 nitrogen and oxygen atoms in total. The number of carbonyl (C=O) groups is 2. The molecule has 0 saturated heterocycles. The summed E-state index contributed by atoms with van der Waals surface area (Å²) in [5.74, 6) is -0.573. The normalized spacial score (nSPS) is 9.89. The van der Waals surface area contributed by atoms with Crippen LogP contribution in [0.2, 0.25) is 0 Å². The zero-order valence-electron chi connectivity index (χ0n) is 9.81. The Kier molecular flexibility index (Phi) is 3.82. The van der Waals surface area contributed by atoms with E-state index in [1.807, 2.05) is 0 Å². The third kappa shape index (κ3) is 3.12. The molecule has 0 bridgehead atoms. The Morgan fingerprint density at radius 3 is 2.68 bits per heavy atom. The monoisotopic (exact) mass is 258 g/mol. The minimum atomic E-state index is -1.10. The molecule has 0 atom stereocenters. The largest absolute Gasteiger partial charge is 0.487 e. The molecule has 19 heavy (non-hydrogen) atoms. The SMILES string of the molecule is O=Cc1ccc(OCc2ncncc2C(=O)O)cc1. The van der Waals surface area contributed by atoms with Crippen molar-refractivity contribution < 1.29 is 19.4 Å². The van der Waals surface area contributed by atoms with Crippen molar-refractivity contribution in [3.63, 3.8) is 0 Å². The molecule has 0 unspecified atom stereocenters. The van der Waals surface area contributed by atoms with E-state index in [1.165, 1.54) is 12.5 Å². The summed E-state index contributed by atoms with van der Waals surface area (Å²) in [5, 5.41) is 8.96. The van der Waals surface area contributed by atoms with Crippen LogP contribution in [0.3, 0.4) is 0 Å². The smallest absolute Gasteiger partial charge is 0.339 e. The molecule has 96 valence electrons. The molecule has 0 aliphatic heterocycles. The maximum atomic E-state index is 10.9. The van der Waals surface area contributed by atoms with Gasteiger partial charge in [-0.05, 0) is 24.3 Å². The van der Waals surface area contributed by atoms with Gasteiger partial charge in [-0.3, -0.25) is 4.79 Å². The first-order valence-corrected chi connectivity index (χ1v) is 5.41. The number of carboxylic acid groups (broad SMARTS) is 1. The first-order valence-electron chi connectivity index (χ1n) is 5.41. The van der Waals surface area contributed by atoms with E-state index < -0.39 is 5.97 Å². The fourth-order valence-electron chi connectivity index (χ4n) is 1.44. The molecule has 0 aliphatic carbocycles. The van der Waals surface area contributed by atoms with Gasteiger partial charge in [0.15, 0.2) is 0 Å². The predicted octanol–water partition coefficient (Wildman–Crippen LogP) is 1.57. The summed E-state index contributed by atoms with van der Waals surface area (Å²) in [4.78, 5) is 29.0. The maximum Gasteiger partial charge on any atom is 0.339 e. The van der Waals surface area contributed by atoms with E-state index in [0.29, 0.717) is 17.0 Å². The van der Waals surface area contributed by atoms with Crippen molar-refractivity contribution in [3.8, 4) is 5.75 Å². The van der Waals surface area contributed by atoms with Crippen LogP contribution in [0.15, 0.2) is 36.8 Å². The number of benzene rings is 1. The number of hydrogen-bond acceptors (Lipinski definition) is 5. The standard InChI is InChI=1S/C13H10N2O4/c16-6-9-1-3-10(4-2-9)19-7-12-11(13(17)18)5-14-8-15-12/h1-6,8H,7H2,(H,17,18). The van der Waals surface area contributed by atoms with Crippen LogP contribution in [0.4, 0.5) is 0 Å². The van der Waals surface area contributed by atoms with Crippen molar-refractivity contribution in [1.29, 1.82) is 0 Å². The minimum Gasteiger partial charge on any atom is -0.487 e. The van der Waals surface area contributed by atoms with Crippen LogP contribution < -0.4 is 4.74 Å². The molecule has 0 spiro atoms. The fourth-order valence-corrected chi connectivity index (χ4v) is 1.44. The number of aromatic nitrogens is 2.